The molecule has 0 fully saturated rings. The van der Waals surface area contributed by atoms with Crippen molar-refractivity contribution in [1.82, 2.24) is 10.2 Å². The zero-order valence-corrected chi connectivity index (χ0v) is 10.2. The minimum Gasteiger partial charge on any atom is -0.426 e. The lowest BCUT2D eigenvalue weighted by Gasteiger charge is -1.99. The molecule has 0 aromatic carbocycles. The third kappa shape index (κ3) is 5.69. The van der Waals surface area contributed by atoms with Gasteiger partial charge in [-0.3, -0.25) is 0 Å². The topological polar surface area (TPSA) is 38.9 Å². The van der Waals surface area contributed by atoms with E-state index >= 15 is 0 Å². The summed E-state index contributed by atoms with van der Waals surface area (Å²) < 4.78 is 5.31. The Balaban J connectivity index is 1.90. The van der Waals surface area contributed by atoms with Crippen LogP contribution in [-0.4, -0.2) is 10.2 Å². The van der Waals surface area contributed by atoms with Crippen LogP contribution in [0.2, 0.25) is 0 Å². The van der Waals surface area contributed by atoms with Crippen LogP contribution in [0.25, 0.3) is 0 Å². The SMILES string of the molecule is C=CCCCCCCCCc1nnc(C)o1. The maximum atomic E-state index is 5.31. The van der Waals surface area contributed by atoms with Crippen LogP contribution in [-0.2, 0) is 6.42 Å². The van der Waals surface area contributed by atoms with Crippen LogP contribution >= 0.6 is 0 Å². The molecule has 0 saturated carbocycles. The molecule has 0 bridgehead atoms. The lowest BCUT2D eigenvalue weighted by molar-refractivity contribution is 0.455. The van der Waals surface area contributed by atoms with Gasteiger partial charge in [0, 0.05) is 13.3 Å². The van der Waals surface area contributed by atoms with Gasteiger partial charge >= 0.3 is 0 Å². The third-order valence-electron chi connectivity index (χ3n) is 2.62. The molecular weight excluding hydrogens is 200 g/mol. The number of nitrogens with zero attached hydrogens (tertiary/aromatic N) is 2. The Kier molecular flexibility index (Phi) is 6.54. The summed E-state index contributed by atoms with van der Waals surface area (Å²) >= 11 is 0. The largest absolute Gasteiger partial charge is 0.426 e. The maximum Gasteiger partial charge on any atom is 0.216 e. The highest BCUT2D eigenvalue weighted by atomic mass is 16.4. The fourth-order valence-electron chi connectivity index (χ4n) is 1.71. The van der Waals surface area contributed by atoms with E-state index in [1.165, 1.54) is 32.1 Å². The summed E-state index contributed by atoms with van der Waals surface area (Å²) in [5, 5.41) is 7.79. The monoisotopic (exact) mass is 222 g/mol. The van der Waals surface area contributed by atoms with E-state index < -0.39 is 0 Å². The first-order chi connectivity index (χ1) is 7.83. The molecule has 3 heteroatoms. The van der Waals surface area contributed by atoms with E-state index in [0.29, 0.717) is 5.89 Å². The van der Waals surface area contributed by atoms with E-state index in [9.17, 15) is 0 Å². The molecule has 16 heavy (non-hydrogen) atoms. The average molecular weight is 222 g/mol. The molecule has 0 atom stereocenters. The quantitative estimate of drug-likeness (QED) is 0.470. The number of unbranched alkanes of at least 4 members (excludes halogenated alkanes) is 6. The highest BCUT2D eigenvalue weighted by Crippen LogP contribution is 2.10. The first-order valence-electron chi connectivity index (χ1n) is 6.23. The van der Waals surface area contributed by atoms with E-state index in [2.05, 4.69) is 16.8 Å². The minimum absolute atomic E-state index is 0.666. The summed E-state index contributed by atoms with van der Waals surface area (Å²) in [6, 6.07) is 0. The van der Waals surface area contributed by atoms with Crippen molar-refractivity contribution >= 4 is 0 Å². The molecule has 90 valence electrons. The molecule has 0 N–H and O–H groups in total. The van der Waals surface area contributed by atoms with Gasteiger partial charge in [-0.1, -0.05) is 31.8 Å². The Morgan fingerprint density at radius 1 is 1.06 bits per heavy atom. The number of allylic oxidation sites excluding steroid dienone is 1. The van der Waals surface area contributed by atoms with E-state index in [1.54, 1.807) is 0 Å². The molecule has 0 unspecified atom stereocenters. The van der Waals surface area contributed by atoms with Crippen LogP contribution in [0, 0.1) is 6.92 Å². The van der Waals surface area contributed by atoms with Crippen LogP contribution < -0.4 is 0 Å². The highest BCUT2D eigenvalue weighted by Gasteiger charge is 2.00. The van der Waals surface area contributed by atoms with Crippen molar-refractivity contribution < 1.29 is 4.42 Å². The summed E-state index contributed by atoms with van der Waals surface area (Å²) in [4.78, 5) is 0. The zero-order valence-electron chi connectivity index (χ0n) is 10.2. The number of hydrogen-bond donors (Lipinski definition) is 0. The third-order valence-corrected chi connectivity index (χ3v) is 2.62. The van der Waals surface area contributed by atoms with Gasteiger partial charge in [0.25, 0.3) is 0 Å². The average Bonchev–Trinajstić information content (AvgIpc) is 2.68. The Bertz CT molecular complexity index is 294. The van der Waals surface area contributed by atoms with E-state index in [4.69, 9.17) is 4.42 Å². The Morgan fingerprint density at radius 2 is 1.75 bits per heavy atom. The summed E-state index contributed by atoms with van der Waals surface area (Å²) in [5.41, 5.74) is 0. The van der Waals surface area contributed by atoms with Crippen molar-refractivity contribution in [2.24, 2.45) is 0 Å². The first-order valence-corrected chi connectivity index (χ1v) is 6.23. The van der Waals surface area contributed by atoms with Crippen molar-refractivity contribution in [2.45, 2.75) is 58.3 Å². The fraction of sp³-hybridized carbons (Fsp3) is 0.692. The standard InChI is InChI=1S/C13H22N2O/c1-3-4-5-6-7-8-9-10-11-13-15-14-12(2)16-13/h3H,1,4-11H2,2H3. The van der Waals surface area contributed by atoms with Gasteiger partial charge in [0.05, 0.1) is 0 Å². The number of aromatic nitrogens is 2. The minimum atomic E-state index is 0.666. The van der Waals surface area contributed by atoms with Gasteiger partial charge < -0.3 is 4.42 Å². The number of aryl methyl sites for hydroxylation is 2. The molecular formula is C13H22N2O. The van der Waals surface area contributed by atoms with Gasteiger partial charge in [0.15, 0.2) is 0 Å². The highest BCUT2D eigenvalue weighted by molar-refractivity contribution is 4.78. The van der Waals surface area contributed by atoms with Crippen LogP contribution in [0.5, 0.6) is 0 Å². The number of hydrogen-bond acceptors (Lipinski definition) is 3. The van der Waals surface area contributed by atoms with E-state index in [0.717, 1.165) is 25.2 Å². The summed E-state index contributed by atoms with van der Waals surface area (Å²) in [7, 11) is 0. The van der Waals surface area contributed by atoms with Crippen molar-refractivity contribution in [3.63, 3.8) is 0 Å². The fourth-order valence-corrected chi connectivity index (χ4v) is 1.71. The Hall–Kier alpha value is -1.12. The van der Waals surface area contributed by atoms with Gasteiger partial charge in [-0.25, -0.2) is 0 Å². The first kappa shape index (κ1) is 12.9. The molecule has 0 saturated heterocycles. The summed E-state index contributed by atoms with van der Waals surface area (Å²) in [6.45, 7) is 5.55. The Morgan fingerprint density at radius 3 is 2.38 bits per heavy atom. The molecule has 0 aliphatic heterocycles. The van der Waals surface area contributed by atoms with Gasteiger partial charge in [0.2, 0.25) is 11.8 Å². The molecule has 0 aliphatic carbocycles. The normalized spacial score (nSPS) is 10.6. The second-order valence-corrected chi connectivity index (χ2v) is 4.16. The van der Waals surface area contributed by atoms with Crippen molar-refractivity contribution in [2.75, 3.05) is 0 Å². The zero-order chi connectivity index (χ0) is 11.6. The molecule has 0 radical (unpaired) electrons. The molecule has 1 aromatic rings. The molecule has 0 amide bonds. The summed E-state index contributed by atoms with van der Waals surface area (Å²) in [5.74, 6) is 1.45. The second-order valence-electron chi connectivity index (χ2n) is 4.16. The summed E-state index contributed by atoms with van der Waals surface area (Å²) in [6.07, 6.45) is 11.7. The van der Waals surface area contributed by atoms with Gasteiger partial charge in [0.1, 0.15) is 0 Å². The van der Waals surface area contributed by atoms with Crippen molar-refractivity contribution in [3.8, 4) is 0 Å². The van der Waals surface area contributed by atoms with E-state index in [1.807, 2.05) is 13.0 Å². The van der Waals surface area contributed by atoms with Crippen LogP contribution in [0.15, 0.2) is 17.1 Å². The van der Waals surface area contributed by atoms with Crippen molar-refractivity contribution in [1.29, 1.82) is 0 Å². The second kappa shape index (κ2) is 8.08. The number of rotatable bonds is 9. The van der Waals surface area contributed by atoms with E-state index in [-0.39, 0.29) is 0 Å². The molecule has 1 aromatic heterocycles. The van der Waals surface area contributed by atoms with Gasteiger partial charge in [-0.05, 0) is 19.3 Å². The van der Waals surface area contributed by atoms with Crippen LogP contribution in [0.4, 0.5) is 0 Å². The molecule has 3 nitrogen and oxygen atoms in total. The van der Waals surface area contributed by atoms with Crippen LogP contribution in [0.1, 0.15) is 56.7 Å². The van der Waals surface area contributed by atoms with Crippen LogP contribution in [0.3, 0.4) is 0 Å². The Labute approximate surface area is 98.0 Å². The van der Waals surface area contributed by atoms with Gasteiger partial charge in [-0.2, -0.15) is 0 Å². The molecule has 1 rings (SSSR count). The lowest BCUT2D eigenvalue weighted by atomic mass is 10.1. The molecule has 0 spiro atoms. The predicted molar refractivity (Wildman–Crippen MR) is 65.3 cm³/mol. The smallest absolute Gasteiger partial charge is 0.216 e. The predicted octanol–water partition coefficient (Wildman–Crippen LogP) is 3.84. The van der Waals surface area contributed by atoms with Crippen molar-refractivity contribution in [3.05, 3.63) is 24.4 Å². The maximum absolute atomic E-state index is 5.31. The molecule has 0 aliphatic rings. The van der Waals surface area contributed by atoms with Gasteiger partial charge in [-0.15, -0.1) is 16.8 Å². The molecule has 1 heterocycles. The lowest BCUT2D eigenvalue weighted by Crippen LogP contribution is -1.86.